The highest BCUT2D eigenvalue weighted by molar-refractivity contribution is 5.86. The molecule has 5 heteroatoms. The van der Waals surface area contributed by atoms with Crippen LogP contribution in [0.4, 0.5) is 0 Å². The van der Waals surface area contributed by atoms with Crippen molar-refractivity contribution in [3.05, 3.63) is 63.5 Å². The van der Waals surface area contributed by atoms with E-state index >= 15 is 0 Å². The predicted molar refractivity (Wildman–Crippen MR) is 97.9 cm³/mol. The van der Waals surface area contributed by atoms with E-state index < -0.39 is 11.7 Å². The molecule has 0 radical (unpaired) electrons. The number of benzene rings is 1. The van der Waals surface area contributed by atoms with Gasteiger partial charge in [0.1, 0.15) is 17.9 Å². The van der Waals surface area contributed by atoms with Gasteiger partial charge >= 0.3 is 5.63 Å². The number of ether oxygens (including phenoxy) is 1. The Kier molecular flexibility index (Phi) is 6.56. The molecule has 0 bridgehead atoms. The Morgan fingerprint density at radius 2 is 2.12 bits per heavy atom. The lowest BCUT2D eigenvalue weighted by molar-refractivity contribution is 0.213. The minimum atomic E-state index is -0.643. The van der Waals surface area contributed by atoms with Crippen LogP contribution in [0.2, 0.25) is 0 Å². The van der Waals surface area contributed by atoms with Crippen LogP contribution >= 0.6 is 0 Å². The first-order valence-corrected chi connectivity index (χ1v) is 8.19. The second-order valence-electron chi connectivity index (χ2n) is 6.22. The van der Waals surface area contributed by atoms with Crippen LogP contribution in [0.5, 0.6) is 5.75 Å². The molecule has 0 unspecified atom stereocenters. The zero-order chi connectivity index (χ0) is 18.4. The summed E-state index contributed by atoms with van der Waals surface area (Å²) in [5.41, 5.74) is 2.64. The molecule has 0 fully saturated rings. The fourth-order valence-corrected chi connectivity index (χ4v) is 2.65. The molecule has 1 aromatic carbocycles. The van der Waals surface area contributed by atoms with Gasteiger partial charge in [-0.2, -0.15) is 0 Å². The van der Waals surface area contributed by atoms with Gasteiger partial charge in [0.25, 0.3) is 0 Å². The van der Waals surface area contributed by atoms with E-state index in [0.717, 1.165) is 16.5 Å². The highest BCUT2D eigenvalue weighted by atomic mass is 16.5. The molecule has 0 aliphatic heterocycles. The molecule has 0 saturated heterocycles. The van der Waals surface area contributed by atoms with E-state index in [0.29, 0.717) is 23.3 Å². The van der Waals surface area contributed by atoms with Crippen LogP contribution in [-0.4, -0.2) is 29.5 Å². The molecule has 1 aromatic heterocycles. The van der Waals surface area contributed by atoms with Crippen LogP contribution in [0.3, 0.4) is 0 Å². The largest absolute Gasteiger partial charge is 0.488 e. The molecule has 0 spiro atoms. The predicted octanol–water partition coefficient (Wildman–Crippen LogP) is 3.12. The van der Waals surface area contributed by atoms with E-state index in [9.17, 15) is 15.0 Å². The smallest absolute Gasteiger partial charge is 0.339 e. The Morgan fingerprint density at radius 1 is 1.36 bits per heavy atom. The van der Waals surface area contributed by atoms with E-state index in [2.05, 4.69) is 0 Å². The molecular weight excluding hydrogens is 320 g/mol. The molecule has 0 amide bonds. The van der Waals surface area contributed by atoms with Crippen molar-refractivity contribution in [1.82, 2.24) is 0 Å². The summed E-state index contributed by atoms with van der Waals surface area (Å²) >= 11 is 0. The standard InChI is InChI=1S/C20H24O5/c1-13(2)9-16(22)10-15(12-21)7-8-24-18-11-19(23)25-17-6-4-5-14(3)20(17)18/h4-7,9,11,16,21-22H,8,10,12H2,1-3H3/t16-/m0/s1. The van der Waals surface area contributed by atoms with Gasteiger partial charge in [-0.1, -0.05) is 23.8 Å². The molecule has 25 heavy (non-hydrogen) atoms. The van der Waals surface area contributed by atoms with Crippen molar-refractivity contribution in [2.75, 3.05) is 13.2 Å². The lowest BCUT2D eigenvalue weighted by Crippen LogP contribution is -2.08. The third-order valence-corrected chi connectivity index (χ3v) is 3.75. The first-order chi connectivity index (χ1) is 11.9. The summed E-state index contributed by atoms with van der Waals surface area (Å²) in [6, 6.07) is 6.78. The first-order valence-electron chi connectivity index (χ1n) is 8.19. The Labute approximate surface area is 146 Å². The topological polar surface area (TPSA) is 79.9 Å². The Bertz CT molecular complexity index is 841. The number of fused-ring (bicyclic) bond motifs is 1. The minimum absolute atomic E-state index is 0.159. The quantitative estimate of drug-likeness (QED) is 0.596. The third-order valence-electron chi connectivity index (χ3n) is 3.75. The first kappa shape index (κ1) is 19.0. The minimum Gasteiger partial charge on any atom is -0.488 e. The van der Waals surface area contributed by atoms with Gasteiger partial charge in [0.2, 0.25) is 0 Å². The maximum atomic E-state index is 11.7. The number of aliphatic hydroxyl groups excluding tert-OH is 2. The zero-order valence-electron chi connectivity index (χ0n) is 14.8. The fourth-order valence-electron chi connectivity index (χ4n) is 2.65. The molecule has 2 rings (SSSR count). The van der Waals surface area contributed by atoms with Crippen molar-refractivity contribution in [2.24, 2.45) is 0 Å². The Morgan fingerprint density at radius 3 is 2.80 bits per heavy atom. The van der Waals surface area contributed by atoms with Gasteiger partial charge in [0.05, 0.1) is 24.2 Å². The Hall–Kier alpha value is -2.37. The van der Waals surface area contributed by atoms with E-state index in [-0.39, 0.29) is 13.2 Å². The zero-order valence-corrected chi connectivity index (χ0v) is 14.8. The monoisotopic (exact) mass is 344 g/mol. The van der Waals surface area contributed by atoms with Crippen molar-refractivity contribution in [3.63, 3.8) is 0 Å². The number of hydrogen-bond donors (Lipinski definition) is 2. The van der Waals surface area contributed by atoms with Gasteiger partial charge < -0.3 is 19.4 Å². The maximum Gasteiger partial charge on any atom is 0.339 e. The van der Waals surface area contributed by atoms with Crippen LogP contribution in [0, 0.1) is 6.92 Å². The summed E-state index contributed by atoms with van der Waals surface area (Å²) in [5.74, 6) is 0.447. The van der Waals surface area contributed by atoms with E-state index in [1.807, 2.05) is 32.9 Å². The summed E-state index contributed by atoms with van der Waals surface area (Å²) in [6.07, 6.45) is 3.15. The van der Waals surface area contributed by atoms with Crippen LogP contribution in [0.1, 0.15) is 25.8 Å². The molecule has 0 aliphatic carbocycles. The number of allylic oxidation sites excluding steroid dienone is 1. The molecule has 2 N–H and O–H groups in total. The normalized spacial score (nSPS) is 12.9. The van der Waals surface area contributed by atoms with Gasteiger partial charge in [-0.25, -0.2) is 4.79 Å². The third kappa shape index (κ3) is 5.31. The van der Waals surface area contributed by atoms with Crippen LogP contribution in [-0.2, 0) is 0 Å². The van der Waals surface area contributed by atoms with Gasteiger partial charge in [-0.15, -0.1) is 0 Å². The molecule has 1 atom stereocenters. The van der Waals surface area contributed by atoms with Crippen molar-refractivity contribution >= 4 is 11.0 Å². The second-order valence-corrected chi connectivity index (χ2v) is 6.22. The highest BCUT2D eigenvalue weighted by Gasteiger charge is 2.09. The van der Waals surface area contributed by atoms with Crippen molar-refractivity contribution in [3.8, 4) is 5.75 Å². The van der Waals surface area contributed by atoms with Crippen LogP contribution in [0.15, 0.2) is 56.8 Å². The number of aliphatic hydroxyl groups is 2. The molecule has 2 aromatic rings. The molecule has 0 saturated carbocycles. The number of aryl methyl sites for hydroxylation is 1. The van der Waals surface area contributed by atoms with Crippen molar-refractivity contribution in [2.45, 2.75) is 33.3 Å². The molecular formula is C20H24O5. The average molecular weight is 344 g/mol. The van der Waals surface area contributed by atoms with Crippen LogP contribution in [0.25, 0.3) is 11.0 Å². The molecule has 1 heterocycles. The van der Waals surface area contributed by atoms with Gasteiger partial charge in [-0.05, 0) is 44.1 Å². The number of hydrogen-bond acceptors (Lipinski definition) is 5. The molecule has 134 valence electrons. The van der Waals surface area contributed by atoms with Crippen molar-refractivity contribution in [1.29, 1.82) is 0 Å². The molecule has 0 aliphatic rings. The lowest BCUT2D eigenvalue weighted by Gasteiger charge is -2.11. The average Bonchev–Trinajstić information content (AvgIpc) is 2.52. The van der Waals surface area contributed by atoms with Crippen LogP contribution < -0.4 is 10.4 Å². The van der Waals surface area contributed by atoms with Gasteiger partial charge in [-0.3, -0.25) is 0 Å². The van der Waals surface area contributed by atoms with Crippen molar-refractivity contribution < 1.29 is 19.4 Å². The summed E-state index contributed by atoms with van der Waals surface area (Å²) in [4.78, 5) is 11.7. The summed E-state index contributed by atoms with van der Waals surface area (Å²) < 4.78 is 10.9. The summed E-state index contributed by atoms with van der Waals surface area (Å²) in [6.45, 7) is 5.75. The van der Waals surface area contributed by atoms with Gasteiger partial charge in [0.15, 0.2) is 0 Å². The number of rotatable bonds is 7. The lowest BCUT2D eigenvalue weighted by atomic mass is 10.1. The van der Waals surface area contributed by atoms with E-state index in [1.54, 1.807) is 18.2 Å². The highest BCUT2D eigenvalue weighted by Crippen LogP contribution is 2.27. The summed E-state index contributed by atoms with van der Waals surface area (Å²) in [7, 11) is 0. The molecule has 5 nitrogen and oxygen atoms in total. The van der Waals surface area contributed by atoms with E-state index in [1.165, 1.54) is 6.07 Å². The van der Waals surface area contributed by atoms with E-state index in [4.69, 9.17) is 9.15 Å². The van der Waals surface area contributed by atoms with Gasteiger partial charge in [0, 0.05) is 6.42 Å². The Balaban J connectivity index is 2.16. The second kappa shape index (κ2) is 8.65. The SMILES string of the molecule is CC(C)=C[C@H](O)CC(=CCOc1cc(=O)oc2cccc(C)c12)CO. The summed E-state index contributed by atoms with van der Waals surface area (Å²) in [5, 5.41) is 20.1. The fraction of sp³-hybridized carbons (Fsp3) is 0.350. The maximum absolute atomic E-state index is 11.7.